The van der Waals surface area contributed by atoms with Gasteiger partial charge in [0.1, 0.15) is 0 Å². The molecule has 0 atom stereocenters. The summed E-state index contributed by atoms with van der Waals surface area (Å²) in [4.78, 5) is 10.9. The molecule has 0 N–H and O–H groups in total. The number of allylic oxidation sites excluding steroid dienone is 2. The van der Waals surface area contributed by atoms with Crippen molar-refractivity contribution in [3.05, 3.63) is 41.7 Å². The van der Waals surface area contributed by atoms with Crippen LogP contribution in [0.3, 0.4) is 0 Å². The number of ketones is 1. The molecule has 0 saturated carbocycles. The summed E-state index contributed by atoms with van der Waals surface area (Å²) in [6.45, 7) is 0. The summed E-state index contributed by atoms with van der Waals surface area (Å²) in [6.07, 6.45) is 0.852. The Hall–Kier alpha value is -1.44. The van der Waals surface area contributed by atoms with E-state index in [0.717, 1.165) is 5.56 Å². The van der Waals surface area contributed by atoms with Crippen LogP contribution in [0.25, 0.3) is 5.57 Å². The minimum Gasteiger partial charge on any atom is -0.292 e. The molecule has 0 aromatic heterocycles. The number of carbonyl (C=O) groups is 1. The van der Waals surface area contributed by atoms with Gasteiger partial charge in [0.2, 0.25) is 0 Å². The predicted molar refractivity (Wildman–Crippen MR) is 48.7 cm³/mol. The van der Waals surface area contributed by atoms with Crippen LogP contribution >= 0.6 is 0 Å². The van der Waals surface area contributed by atoms with Crippen molar-refractivity contribution in [1.29, 1.82) is 0 Å². The van der Waals surface area contributed by atoms with Crippen LogP contribution in [0.4, 0.5) is 4.39 Å². The van der Waals surface area contributed by atoms with Gasteiger partial charge < -0.3 is 0 Å². The molecule has 0 fully saturated rings. The van der Waals surface area contributed by atoms with Crippen molar-refractivity contribution in [3.8, 4) is 0 Å². The zero-order valence-corrected chi connectivity index (χ0v) is 7.09. The third-order valence-corrected chi connectivity index (χ3v) is 2.23. The zero-order chi connectivity index (χ0) is 9.26. The van der Waals surface area contributed by atoms with E-state index in [1.54, 1.807) is 0 Å². The van der Waals surface area contributed by atoms with Crippen molar-refractivity contribution < 1.29 is 9.18 Å². The molecule has 13 heavy (non-hydrogen) atoms. The number of rotatable bonds is 1. The van der Waals surface area contributed by atoms with Crippen molar-refractivity contribution in [2.45, 2.75) is 12.8 Å². The Morgan fingerprint density at radius 2 is 1.77 bits per heavy atom. The number of benzene rings is 1. The lowest BCUT2D eigenvalue weighted by Crippen LogP contribution is -1.88. The van der Waals surface area contributed by atoms with Gasteiger partial charge in [-0.1, -0.05) is 30.3 Å². The fourth-order valence-electron chi connectivity index (χ4n) is 1.54. The summed E-state index contributed by atoms with van der Waals surface area (Å²) in [5.74, 6) is -0.912. The molecule has 0 heterocycles. The van der Waals surface area contributed by atoms with Gasteiger partial charge in [-0.2, -0.15) is 0 Å². The Morgan fingerprint density at radius 3 is 2.31 bits per heavy atom. The van der Waals surface area contributed by atoms with Gasteiger partial charge in [0, 0.05) is 6.42 Å². The highest BCUT2D eigenvalue weighted by molar-refractivity contribution is 6.05. The van der Waals surface area contributed by atoms with Crippen LogP contribution < -0.4 is 0 Å². The highest BCUT2D eigenvalue weighted by Crippen LogP contribution is 2.31. The largest absolute Gasteiger partial charge is 0.292 e. The van der Waals surface area contributed by atoms with Crippen LogP contribution in [-0.2, 0) is 4.79 Å². The van der Waals surface area contributed by atoms with Gasteiger partial charge in [0.05, 0.1) is 0 Å². The van der Waals surface area contributed by atoms with Gasteiger partial charge in [0.25, 0.3) is 0 Å². The van der Waals surface area contributed by atoms with E-state index >= 15 is 0 Å². The third-order valence-electron chi connectivity index (χ3n) is 2.23. The zero-order valence-electron chi connectivity index (χ0n) is 7.09. The summed E-state index contributed by atoms with van der Waals surface area (Å²) in [6, 6.07) is 9.22. The smallest absolute Gasteiger partial charge is 0.191 e. The molecule has 1 aromatic carbocycles. The third kappa shape index (κ3) is 1.39. The van der Waals surface area contributed by atoms with E-state index in [9.17, 15) is 9.18 Å². The first kappa shape index (κ1) is 8.17. The maximum Gasteiger partial charge on any atom is 0.191 e. The lowest BCUT2D eigenvalue weighted by Gasteiger charge is -1.99. The molecule has 0 saturated heterocycles. The molecule has 0 amide bonds. The predicted octanol–water partition coefficient (Wildman–Crippen LogP) is 2.73. The molecule has 0 aliphatic heterocycles. The summed E-state index contributed by atoms with van der Waals surface area (Å²) < 4.78 is 13.2. The normalized spacial score (nSPS) is 16.8. The molecule has 2 heteroatoms. The molecule has 0 bridgehead atoms. The average Bonchev–Trinajstić information content (AvgIpc) is 2.49. The number of hydrogen-bond donors (Lipinski definition) is 0. The number of Topliss-reactive ketones (excluding diaryl/α,β-unsaturated/α-hetero) is 1. The van der Waals surface area contributed by atoms with Crippen molar-refractivity contribution in [2.75, 3.05) is 0 Å². The van der Waals surface area contributed by atoms with Crippen LogP contribution in [0.1, 0.15) is 18.4 Å². The second kappa shape index (κ2) is 3.13. The van der Waals surface area contributed by atoms with E-state index < -0.39 is 5.83 Å². The first-order valence-corrected chi connectivity index (χ1v) is 4.26. The van der Waals surface area contributed by atoms with E-state index in [4.69, 9.17) is 0 Å². The highest BCUT2D eigenvalue weighted by atomic mass is 19.1. The number of hydrogen-bond acceptors (Lipinski definition) is 1. The first-order valence-electron chi connectivity index (χ1n) is 4.26. The maximum atomic E-state index is 13.2. The van der Waals surface area contributed by atoms with Gasteiger partial charge in [-0.15, -0.1) is 0 Å². The molecule has 1 nitrogen and oxygen atoms in total. The summed E-state index contributed by atoms with van der Waals surface area (Å²) in [5, 5.41) is 0. The van der Waals surface area contributed by atoms with E-state index in [-0.39, 0.29) is 5.78 Å². The Labute approximate surface area is 75.9 Å². The summed E-state index contributed by atoms with van der Waals surface area (Å²) >= 11 is 0. The highest BCUT2D eigenvalue weighted by Gasteiger charge is 2.23. The molecule has 66 valence electrons. The second-order valence-electron chi connectivity index (χ2n) is 3.08. The minimum atomic E-state index is -0.550. The van der Waals surface area contributed by atoms with E-state index in [1.165, 1.54) is 0 Å². The number of carbonyl (C=O) groups excluding carboxylic acids is 1. The SMILES string of the molecule is O=C1CCC(c2ccccc2)=C1F. The molecule has 0 radical (unpaired) electrons. The van der Waals surface area contributed by atoms with Crippen molar-refractivity contribution >= 4 is 11.4 Å². The maximum absolute atomic E-state index is 13.2. The fraction of sp³-hybridized carbons (Fsp3) is 0.182. The van der Waals surface area contributed by atoms with Gasteiger partial charge in [-0.3, -0.25) is 4.79 Å². The van der Waals surface area contributed by atoms with Crippen molar-refractivity contribution in [3.63, 3.8) is 0 Å². The van der Waals surface area contributed by atoms with E-state index in [2.05, 4.69) is 0 Å². The molecule has 1 aromatic rings. The van der Waals surface area contributed by atoms with Crippen LogP contribution in [-0.4, -0.2) is 5.78 Å². The van der Waals surface area contributed by atoms with Gasteiger partial charge in [0.15, 0.2) is 11.6 Å². The fourth-order valence-corrected chi connectivity index (χ4v) is 1.54. The van der Waals surface area contributed by atoms with Gasteiger partial charge in [-0.05, 0) is 17.6 Å². The molecular weight excluding hydrogens is 167 g/mol. The second-order valence-corrected chi connectivity index (χ2v) is 3.08. The van der Waals surface area contributed by atoms with Crippen molar-refractivity contribution in [2.24, 2.45) is 0 Å². The number of halogens is 1. The first-order chi connectivity index (χ1) is 6.29. The van der Waals surface area contributed by atoms with Crippen LogP contribution in [0.5, 0.6) is 0 Å². The Balaban J connectivity index is 2.43. The molecule has 0 unspecified atom stereocenters. The van der Waals surface area contributed by atoms with Crippen LogP contribution in [0, 0.1) is 0 Å². The lowest BCUT2D eigenvalue weighted by molar-refractivity contribution is -0.116. The Kier molecular flexibility index (Phi) is 1.97. The Morgan fingerprint density at radius 1 is 1.08 bits per heavy atom. The van der Waals surface area contributed by atoms with Crippen LogP contribution in [0.15, 0.2) is 36.2 Å². The molecule has 1 aliphatic carbocycles. The Bertz CT molecular complexity index is 365. The monoisotopic (exact) mass is 176 g/mol. The summed E-state index contributed by atoms with van der Waals surface area (Å²) in [5.41, 5.74) is 1.39. The standard InChI is InChI=1S/C11H9FO/c12-11-9(6-7-10(11)13)8-4-2-1-3-5-8/h1-5H,6-7H2. The summed E-state index contributed by atoms with van der Waals surface area (Å²) in [7, 11) is 0. The quantitative estimate of drug-likeness (QED) is 0.643. The topological polar surface area (TPSA) is 17.1 Å². The van der Waals surface area contributed by atoms with Crippen LogP contribution in [0.2, 0.25) is 0 Å². The lowest BCUT2D eigenvalue weighted by atomic mass is 10.1. The van der Waals surface area contributed by atoms with E-state index in [0.29, 0.717) is 18.4 Å². The average molecular weight is 176 g/mol. The molecule has 2 rings (SSSR count). The van der Waals surface area contributed by atoms with Crippen molar-refractivity contribution in [1.82, 2.24) is 0 Å². The molecule has 0 spiro atoms. The van der Waals surface area contributed by atoms with Gasteiger partial charge >= 0.3 is 0 Å². The van der Waals surface area contributed by atoms with Gasteiger partial charge in [-0.25, -0.2) is 4.39 Å². The molecule has 1 aliphatic rings. The minimum absolute atomic E-state index is 0.316. The molecular formula is C11H9FO. The van der Waals surface area contributed by atoms with E-state index in [1.807, 2.05) is 30.3 Å².